The van der Waals surface area contributed by atoms with Crippen LogP contribution in [0.25, 0.3) is 78.1 Å². The van der Waals surface area contributed by atoms with Gasteiger partial charge in [0.1, 0.15) is 17.0 Å². The van der Waals surface area contributed by atoms with Crippen molar-refractivity contribution in [1.82, 2.24) is 9.97 Å². The van der Waals surface area contributed by atoms with Crippen molar-refractivity contribution in [2.45, 2.75) is 0 Å². The van der Waals surface area contributed by atoms with Crippen LogP contribution in [0, 0.1) is 0 Å². The van der Waals surface area contributed by atoms with Gasteiger partial charge in [-0.15, -0.1) is 0 Å². The van der Waals surface area contributed by atoms with Crippen LogP contribution in [0.1, 0.15) is 0 Å². The van der Waals surface area contributed by atoms with E-state index in [-0.39, 0.29) is 0 Å². The van der Waals surface area contributed by atoms with Gasteiger partial charge in [-0.25, -0.2) is 9.97 Å². The number of nitrogens with zero attached hydrogens (tertiary/aromatic N) is 2. The fourth-order valence-corrected chi connectivity index (χ4v) is 5.64. The topological polar surface area (TPSA) is 38.9 Å². The van der Waals surface area contributed by atoms with Crippen LogP contribution in [0.4, 0.5) is 0 Å². The Labute approximate surface area is 213 Å². The van der Waals surface area contributed by atoms with Gasteiger partial charge in [-0.05, 0) is 46.0 Å². The third kappa shape index (κ3) is 2.95. The summed E-state index contributed by atoms with van der Waals surface area (Å²) in [5.74, 6) is 0.750. The van der Waals surface area contributed by atoms with Gasteiger partial charge < -0.3 is 4.42 Å². The van der Waals surface area contributed by atoms with Crippen LogP contribution in [0.5, 0.6) is 0 Å². The van der Waals surface area contributed by atoms with Crippen molar-refractivity contribution in [3.8, 4) is 56.1 Å². The molecule has 0 N–H and O–H groups in total. The molecule has 2 aromatic heterocycles. The standard InChI is InChI=1S/C34H20N2O/c1-2-11-21(12-3-1)32-33(36-28-19-9-8-18-27(28)35-32)34-31-26-16-7-6-15-24(26)22-13-4-5-14-23(22)25-17-10-20-29(37-34)30(25)31/h1-20H. The third-order valence-corrected chi connectivity index (χ3v) is 7.25. The zero-order chi connectivity index (χ0) is 24.3. The summed E-state index contributed by atoms with van der Waals surface area (Å²) in [7, 11) is 0. The number of rotatable bonds is 2. The van der Waals surface area contributed by atoms with E-state index in [4.69, 9.17) is 14.4 Å². The summed E-state index contributed by atoms with van der Waals surface area (Å²) in [5.41, 5.74) is 12.1. The molecule has 2 heterocycles. The molecule has 7 aromatic rings. The van der Waals surface area contributed by atoms with Gasteiger partial charge in [-0.3, -0.25) is 0 Å². The first kappa shape index (κ1) is 20.2. The molecule has 172 valence electrons. The molecule has 5 aromatic carbocycles. The second kappa shape index (κ2) is 7.74. The van der Waals surface area contributed by atoms with Crippen LogP contribution in [-0.2, 0) is 0 Å². The molecule has 0 saturated heterocycles. The van der Waals surface area contributed by atoms with Crippen molar-refractivity contribution < 1.29 is 4.42 Å². The lowest BCUT2D eigenvalue weighted by Crippen LogP contribution is -1.96. The van der Waals surface area contributed by atoms with Crippen molar-refractivity contribution in [3.05, 3.63) is 121 Å². The van der Waals surface area contributed by atoms with Crippen molar-refractivity contribution in [2.24, 2.45) is 0 Å². The summed E-state index contributed by atoms with van der Waals surface area (Å²) < 4.78 is 6.73. The average Bonchev–Trinajstić information content (AvgIpc) is 3.31. The summed E-state index contributed by atoms with van der Waals surface area (Å²) in [6.07, 6.45) is 0. The Balaban J connectivity index is 1.55. The van der Waals surface area contributed by atoms with E-state index in [1.54, 1.807) is 0 Å². The smallest absolute Gasteiger partial charge is 0.163 e. The van der Waals surface area contributed by atoms with Crippen molar-refractivity contribution in [3.63, 3.8) is 0 Å². The van der Waals surface area contributed by atoms with Crippen LogP contribution in [0.2, 0.25) is 0 Å². The molecule has 0 atom stereocenters. The van der Waals surface area contributed by atoms with E-state index in [2.05, 4.69) is 78.9 Å². The maximum Gasteiger partial charge on any atom is 0.163 e. The molecule has 0 fully saturated rings. The van der Waals surface area contributed by atoms with Gasteiger partial charge >= 0.3 is 0 Å². The number of hydrogen-bond acceptors (Lipinski definition) is 3. The molecule has 0 saturated carbocycles. The van der Waals surface area contributed by atoms with Gasteiger partial charge in [0.25, 0.3) is 0 Å². The second-order valence-electron chi connectivity index (χ2n) is 9.35. The first-order valence-corrected chi connectivity index (χ1v) is 12.4. The van der Waals surface area contributed by atoms with Crippen LogP contribution >= 0.6 is 0 Å². The predicted octanol–water partition coefficient (Wildman–Crippen LogP) is 9.02. The zero-order valence-corrected chi connectivity index (χ0v) is 19.8. The Hall–Kier alpha value is -5.02. The Kier molecular flexibility index (Phi) is 4.23. The van der Waals surface area contributed by atoms with Gasteiger partial charge in [-0.2, -0.15) is 0 Å². The maximum absolute atomic E-state index is 6.73. The molecule has 3 heteroatoms. The normalized spacial score (nSPS) is 11.8. The second-order valence-corrected chi connectivity index (χ2v) is 9.35. The highest BCUT2D eigenvalue weighted by Crippen LogP contribution is 2.52. The van der Waals surface area contributed by atoms with E-state index < -0.39 is 0 Å². The van der Waals surface area contributed by atoms with Gasteiger partial charge in [0.15, 0.2) is 5.76 Å². The van der Waals surface area contributed by atoms with Crippen molar-refractivity contribution in [1.29, 1.82) is 0 Å². The van der Waals surface area contributed by atoms with Gasteiger partial charge in [0.2, 0.25) is 0 Å². The maximum atomic E-state index is 6.73. The minimum absolute atomic E-state index is 0.750. The molecule has 3 nitrogen and oxygen atoms in total. The quantitative estimate of drug-likeness (QED) is 0.252. The van der Waals surface area contributed by atoms with Crippen molar-refractivity contribution in [2.75, 3.05) is 0 Å². The number of hydrogen-bond donors (Lipinski definition) is 0. The van der Waals surface area contributed by atoms with E-state index in [9.17, 15) is 0 Å². The van der Waals surface area contributed by atoms with Crippen LogP contribution < -0.4 is 0 Å². The summed E-state index contributed by atoms with van der Waals surface area (Å²) in [6, 6.07) is 41.8. The van der Waals surface area contributed by atoms with Gasteiger partial charge in [0, 0.05) is 16.5 Å². The molecule has 8 rings (SSSR count). The molecule has 1 aliphatic rings. The van der Waals surface area contributed by atoms with Crippen LogP contribution in [0.15, 0.2) is 126 Å². The number of furan rings is 1. The van der Waals surface area contributed by atoms with Crippen molar-refractivity contribution >= 4 is 22.0 Å². The third-order valence-electron chi connectivity index (χ3n) is 7.25. The number of benzene rings is 5. The van der Waals surface area contributed by atoms with E-state index in [0.717, 1.165) is 55.8 Å². The van der Waals surface area contributed by atoms with Gasteiger partial charge in [0.05, 0.1) is 11.0 Å². The summed E-state index contributed by atoms with van der Waals surface area (Å²) in [5, 5.41) is 1.11. The Morgan fingerprint density at radius 1 is 0.432 bits per heavy atom. The molecular formula is C34H20N2O. The summed E-state index contributed by atoms with van der Waals surface area (Å²) in [4.78, 5) is 10.3. The SMILES string of the molecule is c1ccc(-c2nc3ccccc3nc2-c2oc3cccc4c3c2-c2ccccc2-c2ccccc2-4)cc1. The lowest BCUT2D eigenvalue weighted by atomic mass is 9.93. The van der Waals surface area contributed by atoms with E-state index in [1.165, 1.54) is 22.3 Å². The average molecular weight is 473 g/mol. The monoisotopic (exact) mass is 472 g/mol. The molecule has 1 aliphatic carbocycles. The fourth-order valence-electron chi connectivity index (χ4n) is 5.64. The van der Waals surface area contributed by atoms with Gasteiger partial charge in [-0.1, -0.05) is 103 Å². The predicted molar refractivity (Wildman–Crippen MR) is 150 cm³/mol. The van der Waals surface area contributed by atoms with Crippen LogP contribution in [0.3, 0.4) is 0 Å². The molecular weight excluding hydrogens is 452 g/mol. The summed E-state index contributed by atoms with van der Waals surface area (Å²) >= 11 is 0. The first-order chi connectivity index (χ1) is 18.4. The van der Waals surface area contributed by atoms with Crippen LogP contribution in [-0.4, -0.2) is 9.97 Å². The minimum Gasteiger partial charge on any atom is -0.454 e. The van der Waals surface area contributed by atoms with E-state index in [1.807, 2.05) is 42.5 Å². The fraction of sp³-hybridized carbons (Fsp3) is 0. The molecule has 0 spiro atoms. The largest absolute Gasteiger partial charge is 0.454 e. The Morgan fingerprint density at radius 3 is 1.70 bits per heavy atom. The first-order valence-electron chi connectivity index (χ1n) is 12.4. The highest BCUT2D eigenvalue weighted by Gasteiger charge is 2.29. The lowest BCUT2D eigenvalue weighted by molar-refractivity contribution is 0.630. The highest BCUT2D eigenvalue weighted by atomic mass is 16.3. The van der Waals surface area contributed by atoms with E-state index >= 15 is 0 Å². The highest BCUT2D eigenvalue weighted by molar-refractivity contribution is 6.16. The number of aromatic nitrogens is 2. The summed E-state index contributed by atoms with van der Waals surface area (Å²) in [6.45, 7) is 0. The Morgan fingerprint density at radius 2 is 0.973 bits per heavy atom. The molecule has 0 aliphatic heterocycles. The minimum atomic E-state index is 0.750. The molecule has 0 unspecified atom stereocenters. The lowest BCUT2D eigenvalue weighted by Gasteiger charge is -2.13. The number of para-hydroxylation sites is 2. The molecule has 0 radical (unpaired) electrons. The molecule has 0 amide bonds. The molecule has 0 bridgehead atoms. The zero-order valence-electron chi connectivity index (χ0n) is 19.8. The number of fused-ring (bicyclic) bond motifs is 6. The Bertz CT molecular complexity index is 1990. The van der Waals surface area contributed by atoms with E-state index in [0.29, 0.717) is 0 Å². The molecule has 37 heavy (non-hydrogen) atoms.